The zero-order valence-corrected chi connectivity index (χ0v) is 14.3. The van der Waals surface area contributed by atoms with Gasteiger partial charge < -0.3 is 10.6 Å². The van der Waals surface area contributed by atoms with Crippen molar-refractivity contribution in [3.63, 3.8) is 0 Å². The van der Waals surface area contributed by atoms with E-state index in [1.165, 1.54) is 30.0 Å². The quantitative estimate of drug-likeness (QED) is 0.684. The van der Waals surface area contributed by atoms with Crippen molar-refractivity contribution < 1.29 is 0 Å². The standard InChI is InChI=1S/C16H23N3S2/c1-11-9-18-8-4-5-12(18)10-19(11)13-6-3-7-14(21-2)15(13)16(17)20/h3,6-7,11-12H,4-5,8-10H2,1-2H3,(H2,17,20). The third-order valence-corrected chi connectivity index (χ3v) is 5.70. The van der Waals surface area contributed by atoms with E-state index in [1.807, 2.05) is 0 Å². The number of fused-ring (bicyclic) bond motifs is 1. The Morgan fingerprint density at radius 2 is 2.19 bits per heavy atom. The summed E-state index contributed by atoms with van der Waals surface area (Å²) in [5, 5.41) is 0. The van der Waals surface area contributed by atoms with Crippen molar-refractivity contribution in [1.82, 2.24) is 4.90 Å². The normalized spacial score (nSPS) is 25.9. The van der Waals surface area contributed by atoms with E-state index in [2.05, 4.69) is 41.2 Å². The first-order chi connectivity index (χ1) is 10.1. The van der Waals surface area contributed by atoms with Crippen molar-refractivity contribution in [2.75, 3.05) is 30.8 Å². The second-order valence-electron chi connectivity index (χ2n) is 6.01. The number of hydrogen-bond acceptors (Lipinski definition) is 4. The van der Waals surface area contributed by atoms with Crippen LogP contribution in [-0.4, -0.2) is 47.9 Å². The van der Waals surface area contributed by atoms with Gasteiger partial charge in [-0.15, -0.1) is 11.8 Å². The molecule has 0 aliphatic carbocycles. The molecule has 2 aliphatic heterocycles. The van der Waals surface area contributed by atoms with E-state index in [9.17, 15) is 0 Å². The summed E-state index contributed by atoms with van der Waals surface area (Å²) in [5.74, 6) is 0. The monoisotopic (exact) mass is 321 g/mol. The minimum Gasteiger partial charge on any atom is -0.389 e. The Hall–Kier alpha value is -0.780. The number of anilines is 1. The van der Waals surface area contributed by atoms with E-state index >= 15 is 0 Å². The molecule has 21 heavy (non-hydrogen) atoms. The molecule has 3 nitrogen and oxygen atoms in total. The number of thiocarbonyl (C=S) groups is 1. The van der Waals surface area contributed by atoms with E-state index in [4.69, 9.17) is 18.0 Å². The van der Waals surface area contributed by atoms with Crippen LogP contribution in [0.15, 0.2) is 23.1 Å². The van der Waals surface area contributed by atoms with E-state index in [1.54, 1.807) is 11.8 Å². The van der Waals surface area contributed by atoms with Gasteiger partial charge >= 0.3 is 0 Å². The van der Waals surface area contributed by atoms with Gasteiger partial charge in [-0.2, -0.15) is 0 Å². The molecule has 0 aromatic heterocycles. The molecule has 2 N–H and O–H groups in total. The summed E-state index contributed by atoms with van der Waals surface area (Å²) in [5.41, 5.74) is 8.30. The molecule has 0 radical (unpaired) electrons. The van der Waals surface area contributed by atoms with Gasteiger partial charge in [0.1, 0.15) is 4.99 Å². The summed E-state index contributed by atoms with van der Waals surface area (Å²) >= 11 is 7.05. The van der Waals surface area contributed by atoms with E-state index in [0.717, 1.165) is 18.7 Å². The predicted molar refractivity (Wildman–Crippen MR) is 95.5 cm³/mol. The van der Waals surface area contributed by atoms with Gasteiger partial charge in [0.2, 0.25) is 0 Å². The van der Waals surface area contributed by atoms with Crippen molar-refractivity contribution in [3.05, 3.63) is 23.8 Å². The second-order valence-corrected chi connectivity index (χ2v) is 7.30. The van der Waals surface area contributed by atoms with Crippen molar-refractivity contribution in [3.8, 4) is 0 Å². The highest BCUT2D eigenvalue weighted by molar-refractivity contribution is 7.98. The highest BCUT2D eigenvalue weighted by atomic mass is 32.2. The zero-order valence-electron chi connectivity index (χ0n) is 12.7. The Balaban J connectivity index is 1.97. The number of benzene rings is 1. The minimum absolute atomic E-state index is 0.504. The number of nitrogens with two attached hydrogens (primary N) is 1. The van der Waals surface area contributed by atoms with Crippen LogP contribution < -0.4 is 10.6 Å². The first-order valence-corrected chi connectivity index (χ1v) is 9.22. The van der Waals surface area contributed by atoms with Crippen LogP contribution >= 0.6 is 24.0 Å². The molecule has 1 aromatic carbocycles. The maximum absolute atomic E-state index is 6.03. The molecular formula is C16H23N3S2. The van der Waals surface area contributed by atoms with Gasteiger partial charge in [0.05, 0.1) is 0 Å². The molecule has 0 saturated carbocycles. The average molecular weight is 322 g/mol. The summed E-state index contributed by atoms with van der Waals surface area (Å²) in [6, 6.07) is 7.61. The molecule has 0 bridgehead atoms. The van der Waals surface area contributed by atoms with Gasteiger partial charge in [-0.1, -0.05) is 18.3 Å². The van der Waals surface area contributed by atoms with Crippen LogP contribution in [0.25, 0.3) is 0 Å². The molecule has 2 fully saturated rings. The number of rotatable bonds is 3. The number of nitrogens with zero attached hydrogens (tertiary/aromatic N) is 2. The zero-order chi connectivity index (χ0) is 15.0. The van der Waals surface area contributed by atoms with Crippen molar-refractivity contribution in [2.45, 2.75) is 36.7 Å². The van der Waals surface area contributed by atoms with Crippen molar-refractivity contribution in [1.29, 1.82) is 0 Å². The van der Waals surface area contributed by atoms with Crippen molar-refractivity contribution in [2.24, 2.45) is 5.73 Å². The van der Waals surface area contributed by atoms with E-state index < -0.39 is 0 Å². The molecule has 2 heterocycles. The lowest BCUT2D eigenvalue weighted by Gasteiger charge is -2.44. The van der Waals surface area contributed by atoms with Crippen LogP contribution in [-0.2, 0) is 0 Å². The molecule has 2 aliphatic rings. The van der Waals surface area contributed by atoms with Crippen molar-refractivity contribution >= 4 is 34.7 Å². The molecule has 114 valence electrons. The van der Waals surface area contributed by atoms with Gasteiger partial charge in [-0.05, 0) is 44.7 Å². The van der Waals surface area contributed by atoms with Crippen LogP contribution in [0.1, 0.15) is 25.3 Å². The van der Waals surface area contributed by atoms with E-state index in [-0.39, 0.29) is 0 Å². The largest absolute Gasteiger partial charge is 0.389 e. The highest BCUT2D eigenvalue weighted by Gasteiger charge is 2.35. The summed E-state index contributed by atoms with van der Waals surface area (Å²) < 4.78 is 0. The van der Waals surface area contributed by atoms with Gasteiger partial charge in [0.25, 0.3) is 0 Å². The Bertz CT molecular complexity index is 546. The minimum atomic E-state index is 0.504. The SMILES string of the molecule is CSc1cccc(N2CC3CCCN3CC2C)c1C(N)=S. The summed E-state index contributed by atoms with van der Waals surface area (Å²) in [6.45, 7) is 5.80. The fourth-order valence-electron chi connectivity index (χ4n) is 3.70. The molecule has 1 aromatic rings. The third-order valence-electron chi connectivity index (χ3n) is 4.72. The average Bonchev–Trinajstić information content (AvgIpc) is 2.92. The molecule has 2 saturated heterocycles. The Morgan fingerprint density at radius 3 is 2.90 bits per heavy atom. The van der Waals surface area contributed by atoms with Crippen LogP contribution in [0, 0.1) is 0 Å². The van der Waals surface area contributed by atoms with Crippen LogP contribution in [0.5, 0.6) is 0 Å². The van der Waals surface area contributed by atoms with Crippen LogP contribution in [0.2, 0.25) is 0 Å². The van der Waals surface area contributed by atoms with Gasteiger partial charge in [-0.25, -0.2) is 0 Å². The number of piperazine rings is 1. The van der Waals surface area contributed by atoms with E-state index in [0.29, 0.717) is 17.1 Å². The summed E-state index contributed by atoms with van der Waals surface area (Å²) in [6.07, 6.45) is 4.73. The first-order valence-electron chi connectivity index (χ1n) is 7.59. The van der Waals surface area contributed by atoms with Crippen LogP contribution in [0.3, 0.4) is 0 Å². The molecule has 2 atom stereocenters. The summed E-state index contributed by atoms with van der Waals surface area (Å²) in [7, 11) is 0. The maximum Gasteiger partial charge on any atom is 0.107 e. The Kier molecular flexibility index (Phi) is 4.43. The second kappa shape index (κ2) is 6.15. The van der Waals surface area contributed by atoms with Crippen LogP contribution in [0.4, 0.5) is 5.69 Å². The Labute approximate surface area is 136 Å². The van der Waals surface area contributed by atoms with Gasteiger partial charge in [0, 0.05) is 41.3 Å². The molecular weight excluding hydrogens is 298 g/mol. The lowest BCUT2D eigenvalue weighted by Crippen LogP contribution is -2.55. The molecule has 5 heteroatoms. The summed E-state index contributed by atoms with van der Waals surface area (Å²) in [4.78, 5) is 6.85. The topological polar surface area (TPSA) is 32.5 Å². The van der Waals surface area contributed by atoms with Gasteiger partial charge in [0.15, 0.2) is 0 Å². The number of hydrogen-bond donors (Lipinski definition) is 1. The fourth-order valence-corrected chi connectivity index (χ4v) is 4.61. The lowest BCUT2D eigenvalue weighted by molar-refractivity contribution is 0.203. The Morgan fingerprint density at radius 1 is 1.38 bits per heavy atom. The maximum atomic E-state index is 6.03. The molecule has 0 amide bonds. The van der Waals surface area contributed by atoms with Gasteiger partial charge in [-0.3, -0.25) is 4.90 Å². The fraction of sp³-hybridized carbons (Fsp3) is 0.562. The molecule has 2 unspecified atom stereocenters. The number of thioether (sulfide) groups is 1. The first kappa shape index (κ1) is 15.1. The third kappa shape index (κ3) is 2.79. The molecule has 3 rings (SSSR count). The smallest absolute Gasteiger partial charge is 0.107 e. The predicted octanol–water partition coefficient (Wildman–Crippen LogP) is 2.72. The lowest BCUT2D eigenvalue weighted by atomic mass is 10.0. The highest BCUT2D eigenvalue weighted by Crippen LogP contribution is 2.34. The molecule has 0 spiro atoms.